The molecule has 98 heavy (non-hydrogen) atoms. The van der Waals surface area contributed by atoms with Crippen molar-refractivity contribution in [2.75, 3.05) is 30.1 Å². The maximum atomic E-state index is 12.3. The molecule has 508 valence electrons. The van der Waals surface area contributed by atoms with E-state index in [1.165, 1.54) is 99.6 Å². The Balaban J connectivity index is 0.000000153. The van der Waals surface area contributed by atoms with Crippen molar-refractivity contribution in [3.8, 4) is 11.5 Å². The third kappa shape index (κ3) is 15.7. The molecule has 26 nitrogen and oxygen atoms in total. The third-order valence-electron chi connectivity index (χ3n) is 16.2. The second kappa shape index (κ2) is 30.6. The lowest BCUT2D eigenvalue weighted by Crippen LogP contribution is -2.38. The van der Waals surface area contributed by atoms with E-state index in [-0.39, 0.29) is 74.1 Å². The number of nitrogens with zero attached hydrogens (tertiary/aromatic N) is 12. The number of ether oxygens (including phenoxy) is 1. The number of aliphatic imine (C=N–C) groups is 4. The van der Waals surface area contributed by atoms with Crippen molar-refractivity contribution in [2.45, 2.75) is 46.5 Å². The van der Waals surface area contributed by atoms with Crippen LogP contribution in [0, 0.1) is 20.8 Å². The van der Waals surface area contributed by atoms with Crippen LogP contribution in [0.5, 0.6) is 11.5 Å². The van der Waals surface area contributed by atoms with E-state index in [1.807, 2.05) is 56.3 Å². The molecule has 0 atom stereocenters. The smallest absolute Gasteiger partial charge is 0.332 e. The number of phenols is 1. The van der Waals surface area contributed by atoms with Crippen LogP contribution in [0.4, 0.5) is 23.3 Å². The van der Waals surface area contributed by atoms with E-state index in [1.54, 1.807) is 84.7 Å². The zero-order valence-corrected chi connectivity index (χ0v) is 58.8. The van der Waals surface area contributed by atoms with Crippen molar-refractivity contribution >= 4 is 114 Å². The van der Waals surface area contributed by atoms with Crippen LogP contribution in [-0.2, 0) is 82.1 Å². The van der Waals surface area contributed by atoms with Crippen molar-refractivity contribution < 1.29 is 29.0 Å². The van der Waals surface area contributed by atoms with E-state index in [0.717, 1.165) is 29.4 Å². The Morgan fingerprint density at radius 2 is 0.694 bits per heavy atom. The number of hydrogen-bond donors (Lipinski definition) is 1. The molecule has 0 spiro atoms. The summed E-state index contributed by atoms with van der Waals surface area (Å²) in [7, 11) is 13.7. The van der Waals surface area contributed by atoms with E-state index >= 15 is 0 Å². The quantitative estimate of drug-likeness (QED) is 0.134. The van der Waals surface area contributed by atoms with E-state index < -0.39 is 22.8 Å². The number of Topliss-reactive ketones (excluding diaryl/α,β-unsaturated/α-hetero) is 4. The highest BCUT2D eigenvalue weighted by molar-refractivity contribution is 8.15. The Kier molecular flexibility index (Phi) is 22.5. The minimum Gasteiger partial charge on any atom is -0.508 e. The minimum atomic E-state index is -0.422. The van der Waals surface area contributed by atoms with Crippen LogP contribution >= 0.6 is 47.0 Å². The molecule has 4 aliphatic heterocycles. The predicted molar refractivity (Wildman–Crippen MR) is 386 cm³/mol. The highest BCUT2D eigenvalue weighted by atomic mass is 32.2. The lowest BCUT2D eigenvalue weighted by molar-refractivity contribution is 0.101. The molecule has 8 heterocycles. The van der Waals surface area contributed by atoms with Crippen LogP contribution in [0.25, 0.3) is 0 Å². The van der Waals surface area contributed by atoms with Crippen LogP contribution in [0.1, 0.15) is 80.4 Å². The number of aryl methyl sites for hydroxylation is 3. The van der Waals surface area contributed by atoms with Crippen LogP contribution < -0.4 is 49.7 Å². The van der Waals surface area contributed by atoms with Gasteiger partial charge in [0.1, 0.15) is 34.8 Å². The zero-order valence-electron chi connectivity index (χ0n) is 55.6. The Labute approximate surface area is 575 Å². The summed E-state index contributed by atoms with van der Waals surface area (Å²) in [4.78, 5) is 163. The first-order valence-corrected chi connectivity index (χ1v) is 34.1. The lowest BCUT2D eigenvalue weighted by atomic mass is 10.1. The van der Waals surface area contributed by atoms with Gasteiger partial charge in [-0.3, -0.25) is 74.9 Å². The van der Waals surface area contributed by atoms with Crippen molar-refractivity contribution in [2.24, 2.45) is 76.4 Å². The molecule has 4 aliphatic rings. The summed E-state index contributed by atoms with van der Waals surface area (Å²) in [6, 6.07) is 26.5. The van der Waals surface area contributed by atoms with Gasteiger partial charge in [-0.1, -0.05) is 65.7 Å². The van der Waals surface area contributed by atoms with Crippen LogP contribution in [0.3, 0.4) is 0 Å². The fourth-order valence-electron chi connectivity index (χ4n) is 10.5. The normalized spacial score (nSPS) is 12.8. The number of carbonyl (C=O) groups excluding carboxylic acids is 4. The van der Waals surface area contributed by atoms with Gasteiger partial charge in [0.05, 0.1) is 72.5 Å². The van der Waals surface area contributed by atoms with E-state index in [4.69, 9.17) is 4.74 Å². The van der Waals surface area contributed by atoms with Crippen molar-refractivity contribution in [1.82, 2.24) is 36.5 Å². The summed E-state index contributed by atoms with van der Waals surface area (Å²) < 4.78 is 14.9. The molecule has 0 radical (unpaired) electrons. The number of benzene rings is 4. The minimum absolute atomic E-state index is 0.0143. The number of aromatic nitrogens is 8. The summed E-state index contributed by atoms with van der Waals surface area (Å²) in [6.45, 7) is 5.64. The summed E-state index contributed by atoms with van der Waals surface area (Å²) in [5.74, 6) is 3.09. The number of methoxy groups -OCH3 is 1. The van der Waals surface area contributed by atoms with E-state index in [2.05, 4.69) is 20.0 Å². The molecule has 0 bridgehead atoms. The second-order valence-corrected chi connectivity index (χ2v) is 27.3. The molecule has 30 heteroatoms. The van der Waals surface area contributed by atoms with Crippen molar-refractivity contribution in [3.63, 3.8) is 0 Å². The molecular formula is C68H68N12O14S4. The predicted octanol–water partition coefficient (Wildman–Crippen LogP) is 5.78. The molecule has 4 aromatic carbocycles. The number of thioether (sulfide) groups is 4. The van der Waals surface area contributed by atoms with E-state index in [9.17, 15) is 62.6 Å². The molecule has 12 rings (SSSR count). The van der Waals surface area contributed by atoms with Crippen LogP contribution in [0.15, 0.2) is 149 Å². The van der Waals surface area contributed by atoms with Gasteiger partial charge in [-0.25, -0.2) is 39.1 Å². The number of fused-ring (bicyclic) bond motifs is 4. The number of rotatable bonds is 13. The molecule has 0 amide bonds. The van der Waals surface area contributed by atoms with Gasteiger partial charge in [0.25, 0.3) is 22.2 Å². The SMILES string of the molecule is COc1cccc(C(=O)CSC2=Nc3c(c(=O)n(C)c(=O)n3C)C2)c1.Cc1cc(C(=O)CSC2=Nc3c(c(=O)n(C)c(=O)n3C)C2)ccc1O.Cc1ccc(C(=O)CSC2=Nc3c(c(=O)n(C)c(=O)n3C)C2)cc1.Cc1cccc(C(=O)CSC2=Nc3c(c(=O)n(C)c(=O)n3C)C2)c1. The van der Waals surface area contributed by atoms with Crippen molar-refractivity contribution in [3.05, 3.63) is 236 Å². The number of phenolic OH excluding ortho intramolecular Hbond substituents is 1. The second-order valence-electron chi connectivity index (χ2n) is 23.1. The van der Waals surface area contributed by atoms with Gasteiger partial charge in [0.2, 0.25) is 0 Å². The number of carbonyl (C=O) groups is 4. The number of ketones is 4. The van der Waals surface area contributed by atoms with Gasteiger partial charge in [0, 0.05) is 104 Å². The zero-order chi connectivity index (χ0) is 71.3. The Morgan fingerprint density at radius 1 is 0.388 bits per heavy atom. The maximum Gasteiger partial charge on any atom is 0.332 e. The van der Waals surface area contributed by atoms with Crippen LogP contribution in [0.2, 0.25) is 0 Å². The number of aromatic hydroxyl groups is 1. The molecule has 0 unspecified atom stereocenters. The van der Waals surface area contributed by atoms with Gasteiger partial charge in [-0.2, -0.15) is 0 Å². The Bertz CT molecular complexity index is 5300. The molecule has 1 N–H and O–H groups in total. The molecular weight excluding hydrogens is 1340 g/mol. The molecule has 0 fully saturated rings. The summed E-state index contributed by atoms with van der Waals surface area (Å²) >= 11 is 5.17. The monoisotopic (exact) mass is 1400 g/mol. The first kappa shape index (κ1) is 72.2. The highest BCUT2D eigenvalue weighted by Gasteiger charge is 2.29. The van der Waals surface area contributed by atoms with Gasteiger partial charge >= 0.3 is 22.8 Å². The largest absolute Gasteiger partial charge is 0.508 e. The molecule has 8 aromatic rings. The number of hydrogen-bond acceptors (Lipinski definition) is 22. The lowest BCUT2D eigenvalue weighted by Gasteiger charge is -2.05. The Morgan fingerprint density at radius 3 is 1.02 bits per heavy atom. The third-order valence-corrected chi connectivity index (χ3v) is 20.1. The first-order valence-electron chi connectivity index (χ1n) is 30.1. The van der Waals surface area contributed by atoms with E-state index in [0.29, 0.717) is 125 Å². The Hall–Kier alpha value is -10.0. The van der Waals surface area contributed by atoms with Gasteiger partial charge in [0.15, 0.2) is 23.1 Å². The van der Waals surface area contributed by atoms with Gasteiger partial charge in [-0.15, -0.1) is 47.0 Å². The average molecular weight is 1410 g/mol. The standard InChI is InChI=1S/2C17H17N3O4S.2C17H17N3O3S/c1-9-6-10(4-5-12(9)21)13(22)8-25-14-7-11-15(18-14)19(2)17(24)20(3)16(11)23;1-19-15-12(16(22)20(2)17(19)23)8-14(18-15)25-9-13(21)10-5-4-6-11(7-10)24-3;1-10-4-6-11(7-5-10)13(21)9-24-14-8-12-15(18-14)19(2)17(23)20(3)16(12)22;1-10-5-4-6-11(7-10)13(21)9-24-14-8-12-15(18-14)19(2)17(23)20(3)16(12)22/h4-6,21H,7-8H2,1-3H3;4-7H,8-9H2,1-3H3;2*4-7H,8-9H2,1-3H3. The summed E-state index contributed by atoms with van der Waals surface area (Å²) in [5.41, 5.74) is 4.19. The summed E-state index contributed by atoms with van der Waals surface area (Å²) in [5, 5.41) is 12.2. The fraction of sp³-hybridized carbons (Fsp3) is 0.294. The van der Waals surface area contributed by atoms with Crippen LogP contribution in [-0.4, -0.2) is 115 Å². The topological polar surface area (TPSA) is 323 Å². The summed E-state index contributed by atoms with van der Waals surface area (Å²) in [6.07, 6.45) is 1.39. The van der Waals surface area contributed by atoms with Gasteiger partial charge in [-0.05, 0) is 62.7 Å². The molecule has 4 aromatic heterocycles. The molecule has 0 aliphatic carbocycles. The highest BCUT2D eigenvalue weighted by Crippen LogP contribution is 2.31. The first-order chi connectivity index (χ1) is 46.5. The average Bonchev–Trinajstić information content (AvgIpc) is 1.63. The maximum absolute atomic E-state index is 12.3. The van der Waals surface area contributed by atoms with Crippen molar-refractivity contribution in [1.29, 1.82) is 0 Å². The fourth-order valence-corrected chi connectivity index (χ4v) is 13.9. The molecule has 0 saturated carbocycles. The molecule has 0 saturated heterocycles. The van der Waals surface area contributed by atoms with Gasteiger partial charge < -0.3 is 9.84 Å².